The maximum absolute atomic E-state index is 2.36. The van der Waals surface area contributed by atoms with Gasteiger partial charge in [-0.1, -0.05) is 0 Å². The number of hydrogen-bond donors (Lipinski definition) is 0. The predicted molar refractivity (Wildman–Crippen MR) is 72.9 cm³/mol. The van der Waals surface area contributed by atoms with Gasteiger partial charge in [-0.15, -0.1) is 15.8 Å². The van der Waals surface area contributed by atoms with Gasteiger partial charge in [0.1, 0.15) is 0 Å². The molecule has 0 bridgehead atoms. The summed E-state index contributed by atoms with van der Waals surface area (Å²) in [5.74, 6) is 0. The van der Waals surface area contributed by atoms with Gasteiger partial charge in [-0.25, -0.2) is 0 Å². The molecule has 89 valence electrons. The van der Waals surface area contributed by atoms with E-state index in [1.807, 2.05) is 0 Å². The Balaban J connectivity index is -0.0000000245. The van der Waals surface area contributed by atoms with Crippen molar-refractivity contribution < 1.29 is 17.1 Å². The molecule has 0 aliphatic heterocycles. The van der Waals surface area contributed by atoms with Crippen molar-refractivity contribution in [1.29, 1.82) is 0 Å². The van der Waals surface area contributed by atoms with Crippen LogP contribution in [-0.4, -0.2) is 39.0 Å². The monoisotopic (exact) mass is 265 g/mol. The molecule has 0 nitrogen and oxygen atoms in total. The molecule has 0 amide bonds. The summed E-state index contributed by atoms with van der Waals surface area (Å²) in [5.41, 5.74) is 0. The van der Waals surface area contributed by atoms with Gasteiger partial charge in [-0.05, 0) is 39.0 Å². The zero-order valence-electron chi connectivity index (χ0n) is 10.7. The largest absolute Gasteiger partial charge is 0.358 e. The van der Waals surface area contributed by atoms with Crippen molar-refractivity contribution in [2.45, 2.75) is 0 Å². The van der Waals surface area contributed by atoms with Crippen LogP contribution in [0.15, 0.2) is 0 Å². The van der Waals surface area contributed by atoms with E-state index in [4.69, 9.17) is 0 Å². The molecule has 1 radical (unpaired) electrons. The van der Waals surface area contributed by atoms with E-state index < -0.39 is 0 Å². The fourth-order valence-corrected chi connectivity index (χ4v) is 3.60. The normalized spacial score (nSPS) is 6.92. The van der Waals surface area contributed by atoms with Gasteiger partial charge in [-0.3, -0.25) is 0 Å². The van der Waals surface area contributed by atoms with Crippen LogP contribution in [0.3, 0.4) is 0 Å². The summed E-state index contributed by atoms with van der Waals surface area (Å²) in [4.78, 5) is 0. The van der Waals surface area contributed by atoms with Crippen LogP contribution in [0.4, 0.5) is 0 Å². The van der Waals surface area contributed by atoms with Crippen LogP contribution in [0.1, 0.15) is 0 Å². The molecule has 0 aliphatic rings. The molecule has 0 N–H and O–H groups in total. The summed E-state index contributed by atoms with van der Waals surface area (Å²) in [6.45, 7) is 9.42. The zero-order chi connectivity index (χ0) is 6.57. The van der Waals surface area contributed by atoms with Gasteiger partial charge in [-0.2, -0.15) is 0 Å². The van der Waals surface area contributed by atoms with Gasteiger partial charge in [0.05, 0.1) is 0 Å². The van der Waals surface area contributed by atoms with Crippen LogP contribution in [0.2, 0.25) is 0 Å². The average molecular weight is 265 g/mol. The summed E-state index contributed by atoms with van der Waals surface area (Å²) in [5, 5.41) is 0. The SMILES string of the molecule is CP(C)CCP(C)C.[CH3-].[CH3-].[CH3-].[CH3-].[Mn]. The molecule has 0 spiro atoms. The Hall–Kier alpha value is 1.38. The first-order valence-electron chi connectivity index (χ1n) is 2.92. The van der Waals surface area contributed by atoms with Crippen molar-refractivity contribution in [2.24, 2.45) is 0 Å². The smallest absolute Gasteiger partial charge is 0 e. The fraction of sp³-hybridized carbons (Fsp3) is 0.600. The van der Waals surface area contributed by atoms with Crippen LogP contribution >= 0.6 is 15.8 Å². The summed E-state index contributed by atoms with van der Waals surface area (Å²) in [7, 11) is 0.766. The third kappa shape index (κ3) is 42.6. The zero-order valence-corrected chi connectivity index (χ0v) is 13.7. The van der Waals surface area contributed by atoms with E-state index in [1.54, 1.807) is 0 Å². The minimum atomic E-state index is 0. The minimum absolute atomic E-state index is 0. The van der Waals surface area contributed by atoms with Crippen molar-refractivity contribution in [3.05, 3.63) is 29.7 Å². The minimum Gasteiger partial charge on any atom is -0.358 e. The molecule has 0 fully saturated rings. The van der Waals surface area contributed by atoms with Gasteiger partial charge in [0, 0.05) is 17.1 Å². The molecule has 0 aliphatic carbocycles. The molecule has 13 heavy (non-hydrogen) atoms. The number of hydrogen-bond acceptors (Lipinski definition) is 0. The van der Waals surface area contributed by atoms with E-state index in [2.05, 4.69) is 26.7 Å². The molecular weight excluding hydrogens is 237 g/mol. The van der Waals surface area contributed by atoms with Gasteiger partial charge < -0.3 is 29.7 Å². The van der Waals surface area contributed by atoms with Crippen molar-refractivity contribution >= 4 is 15.8 Å². The molecule has 3 heteroatoms. The van der Waals surface area contributed by atoms with Crippen LogP contribution in [0.5, 0.6) is 0 Å². The van der Waals surface area contributed by atoms with Crippen LogP contribution < -0.4 is 0 Å². The third-order valence-electron chi connectivity index (χ3n) is 0.994. The Morgan fingerprint density at radius 1 is 0.615 bits per heavy atom. The summed E-state index contributed by atoms with van der Waals surface area (Å²) in [6, 6.07) is 0. The van der Waals surface area contributed by atoms with Crippen LogP contribution in [0, 0.1) is 29.7 Å². The second-order valence-electron chi connectivity index (χ2n) is 2.61. The number of rotatable bonds is 3. The van der Waals surface area contributed by atoms with E-state index in [0.717, 1.165) is 0 Å². The van der Waals surface area contributed by atoms with Crippen LogP contribution in [-0.2, 0) is 17.1 Å². The molecular formula is C10H28MnP2-4. The molecule has 0 aromatic rings. The van der Waals surface area contributed by atoms with Crippen molar-refractivity contribution in [1.82, 2.24) is 0 Å². The Bertz CT molecular complexity index is 48.9. The third-order valence-corrected chi connectivity index (χ3v) is 3.58. The molecule has 0 unspecified atom stereocenters. The van der Waals surface area contributed by atoms with Gasteiger partial charge in [0.15, 0.2) is 0 Å². The van der Waals surface area contributed by atoms with Crippen molar-refractivity contribution in [3.63, 3.8) is 0 Å². The van der Waals surface area contributed by atoms with E-state index in [1.165, 1.54) is 12.3 Å². The maximum atomic E-state index is 2.36. The molecule has 0 aromatic heterocycles. The standard InChI is InChI=1S/C6H16P2.4CH3.Mn/c1-7(2)5-6-8(3)4;;;;;/h5-6H2,1-4H3;4*1H3;/q;4*-1;. The first-order chi connectivity index (χ1) is 3.63. The van der Waals surface area contributed by atoms with Gasteiger partial charge in [0.25, 0.3) is 0 Å². The Kier molecular flexibility index (Phi) is 65.7. The second kappa shape index (κ2) is 23.3. The first-order valence-corrected chi connectivity index (χ1v) is 7.76. The molecule has 0 rings (SSSR count). The second-order valence-corrected chi connectivity index (χ2v) is 7.82. The molecule has 0 heterocycles. The summed E-state index contributed by atoms with van der Waals surface area (Å²) >= 11 is 0. The van der Waals surface area contributed by atoms with E-state index in [0.29, 0.717) is 15.8 Å². The predicted octanol–water partition coefficient (Wildman–Crippen LogP) is 4.27. The topological polar surface area (TPSA) is 0 Å². The first kappa shape index (κ1) is 36.7. The maximum Gasteiger partial charge on any atom is 0 e. The summed E-state index contributed by atoms with van der Waals surface area (Å²) < 4.78 is 0. The average Bonchev–Trinajstić information content (AvgIpc) is 1.61. The fourth-order valence-electron chi connectivity index (χ4n) is 0.400. The van der Waals surface area contributed by atoms with Gasteiger partial charge >= 0.3 is 0 Å². The van der Waals surface area contributed by atoms with E-state index >= 15 is 0 Å². The Morgan fingerprint density at radius 3 is 0.846 bits per heavy atom. The summed E-state index contributed by atoms with van der Waals surface area (Å²) in [6.07, 6.45) is 2.96. The van der Waals surface area contributed by atoms with Crippen molar-refractivity contribution in [2.75, 3.05) is 39.0 Å². The molecule has 0 saturated carbocycles. The van der Waals surface area contributed by atoms with Crippen LogP contribution in [0.25, 0.3) is 0 Å². The molecule has 0 saturated heterocycles. The Labute approximate surface area is 102 Å². The Morgan fingerprint density at radius 2 is 0.769 bits per heavy atom. The molecule has 0 atom stereocenters. The molecule has 0 aromatic carbocycles. The van der Waals surface area contributed by atoms with E-state index in [-0.39, 0.29) is 46.8 Å². The quantitative estimate of drug-likeness (QED) is 0.406. The van der Waals surface area contributed by atoms with Gasteiger partial charge in [0.2, 0.25) is 0 Å². The van der Waals surface area contributed by atoms with Crippen molar-refractivity contribution in [3.8, 4) is 0 Å². The van der Waals surface area contributed by atoms with E-state index in [9.17, 15) is 0 Å².